The number of aryl methyl sites for hydroxylation is 1. The summed E-state index contributed by atoms with van der Waals surface area (Å²) in [4.78, 5) is 25.8. The highest BCUT2D eigenvalue weighted by molar-refractivity contribution is 7.18. The molecule has 0 unspecified atom stereocenters. The Hall–Kier alpha value is -1.24. The van der Waals surface area contributed by atoms with E-state index in [1.54, 1.807) is 11.3 Å². The molecule has 0 radical (unpaired) electrons. The minimum Gasteiger partial charge on any atom is -0.301 e. The van der Waals surface area contributed by atoms with Gasteiger partial charge in [-0.1, -0.05) is 26.2 Å². The molecule has 0 amide bonds. The monoisotopic (exact) mass is 428 g/mol. The third-order valence-electron chi connectivity index (χ3n) is 7.65. The Balaban J connectivity index is 1.32. The second-order valence-corrected chi connectivity index (χ2v) is 10.7. The van der Waals surface area contributed by atoms with Crippen molar-refractivity contribution in [2.45, 2.75) is 77.3 Å². The summed E-state index contributed by atoms with van der Waals surface area (Å²) < 4.78 is 1.92. The quantitative estimate of drug-likeness (QED) is 0.724. The highest BCUT2D eigenvalue weighted by atomic mass is 32.1. The molecule has 0 N–H and O–H groups in total. The van der Waals surface area contributed by atoms with Crippen LogP contribution < -0.4 is 5.56 Å². The highest BCUT2D eigenvalue weighted by Crippen LogP contribution is 2.35. The Morgan fingerprint density at radius 3 is 2.67 bits per heavy atom. The van der Waals surface area contributed by atoms with Crippen molar-refractivity contribution in [3.8, 4) is 0 Å². The summed E-state index contributed by atoms with van der Waals surface area (Å²) >= 11 is 1.78. The maximum Gasteiger partial charge on any atom is 0.262 e. The Bertz CT molecular complexity index is 921. The molecule has 2 aromatic rings. The molecule has 0 bridgehead atoms. The Morgan fingerprint density at radius 1 is 1.10 bits per heavy atom. The van der Waals surface area contributed by atoms with Gasteiger partial charge in [-0.15, -0.1) is 11.3 Å². The van der Waals surface area contributed by atoms with Crippen LogP contribution in [-0.2, 0) is 19.4 Å². The van der Waals surface area contributed by atoms with Gasteiger partial charge < -0.3 is 4.90 Å². The molecule has 2 fully saturated rings. The molecule has 5 nitrogen and oxygen atoms in total. The van der Waals surface area contributed by atoms with Crippen molar-refractivity contribution >= 4 is 21.6 Å². The van der Waals surface area contributed by atoms with E-state index in [2.05, 4.69) is 16.7 Å². The average Bonchev–Trinajstić information content (AvgIpc) is 3.16. The number of hydrogen-bond donors (Lipinski definition) is 0. The van der Waals surface area contributed by atoms with Gasteiger partial charge in [-0.3, -0.25) is 14.3 Å². The van der Waals surface area contributed by atoms with Gasteiger partial charge >= 0.3 is 0 Å². The first kappa shape index (κ1) is 20.7. The van der Waals surface area contributed by atoms with Gasteiger partial charge in [-0.25, -0.2) is 4.98 Å². The predicted molar refractivity (Wildman–Crippen MR) is 125 cm³/mol. The number of thiophene rings is 1. The van der Waals surface area contributed by atoms with Gasteiger partial charge in [0.05, 0.1) is 11.7 Å². The van der Waals surface area contributed by atoms with E-state index in [1.807, 2.05) is 10.9 Å². The van der Waals surface area contributed by atoms with Crippen LogP contribution in [0.4, 0.5) is 0 Å². The molecular formula is C24H36N4OS. The smallest absolute Gasteiger partial charge is 0.262 e. The van der Waals surface area contributed by atoms with Crippen molar-refractivity contribution in [1.29, 1.82) is 0 Å². The lowest BCUT2D eigenvalue weighted by Crippen LogP contribution is -2.51. The third kappa shape index (κ3) is 4.11. The van der Waals surface area contributed by atoms with Gasteiger partial charge in [-0.05, 0) is 56.6 Å². The lowest BCUT2D eigenvalue weighted by atomic mass is 9.89. The van der Waals surface area contributed by atoms with Gasteiger partial charge in [0.25, 0.3) is 5.56 Å². The van der Waals surface area contributed by atoms with E-state index in [4.69, 9.17) is 4.98 Å². The van der Waals surface area contributed by atoms with Gasteiger partial charge in [0.15, 0.2) is 0 Å². The molecule has 1 atom stereocenters. The molecule has 2 aliphatic carbocycles. The topological polar surface area (TPSA) is 41.4 Å². The number of piperazine rings is 1. The summed E-state index contributed by atoms with van der Waals surface area (Å²) in [6, 6.07) is 0.638. The van der Waals surface area contributed by atoms with Crippen LogP contribution in [0.5, 0.6) is 0 Å². The zero-order chi connectivity index (χ0) is 20.5. The van der Waals surface area contributed by atoms with Crippen LogP contribution in [0.3, 0.4) is 0 Å². The number of fused-ring (bicyclic) bond motifs is 3. The Kier molecular flexibility index (Phi) is 6.26. The zero-order valence-electron chi connectivity index (χ0n) is 18.4. The van der Waals surface area contributed by atoms with E-state index >= 15 is 0 Å². The van der Waals surface area contributed by atoms with Crippen LogP contribution in [0.1, 0.15) is 62.3 Å². The van der Waals surface area contributed by atoms with Crippen LogP contribution in [0.2, 0.25) is 0 Å². The largest absolute Gasteiger partial charge is 0.301 e. The minimum absolute atomic E-state index is 0.217. The maximum absolute atomic E-state index is 13.3. The van der Waals surface area contributed by atoms with Crippen molar-refractivity contribution in [2.24, 2.45) is 5.92 Å². The molecule has 0 spiro atoms. The van der Waals surface area contributed by atoms with Crippen LogP contribution in [0.25, 0.3) is 10.2 Å². The lowest BCUT2D eigenvalue weighted by Gasteiger charge is -2.40. The minimum atomic E-state index is 0.217. The Morgan fingerprint density at radius 2 is 1.90 bits per heavy atom. The fraction of sp³-hybridized carbons (Fsp3) is 0.750. The van der Waals surface area contributed by atoms with Crippen LogP contribution in [-0.4, -0.2) is 58.1 Å². The second kappa shape index (κ2) is 9.09. The fourth-order valence-electron chi connectivity index (χ4n) is 5.94. The first-order chi connectivity index (χ1) is 14.7. The van der Waals surface area contributed by atoms with Gasteiger partial charge in [0, 0.05) is 43.6 Å². The van der Waals surface area contributed by atoms with Gasteiger partial charge in [0.2, 0.25) is 0 Å². The molecule has 3 heterocycles. The van der Waals surface area contributed by atoms with E-state index in [0.29, 0.717) is 12.0 Å². The first-order valence-electron chi connectivity index (χ1n) is 12.2. The molecule has 2 aromatic heterocycles. The average molecular weight is 429 g/mol. The molecule has 6 heteroatoms. The maximum atomic E-state index is 13.3. The molecule has 1 saturated heterocycles. The summed E-state index contributed by atoms with van der Waals surface area (Å²) in [6.07, 6.45) is 12.9. The number of hydrogen-bond acceptors (Lipinski definition) is 5. The summed E-state index contributed by atoms with van der Waals surface area (Å²) in [7, 11) is 0. The third-order valence-corrected chi connectivity index (χ3v) is 8.81. The molecule has 1 saturated carbocycles. The van der Waals surface area contributed by atoms with E-state index in [0.717, 1.165) is 29.6 Å². The molecule has 3 aliphatic rings. The molecule has 30 heavy (non-hydrogen) atoms. The van der Waals surface area contributed by atoms with E-state index in [-0.39, 0.29) is 5.56 Å². The summed E-state index contributed by atoms with van der Waals surface area (Å²) in [5, 5.41) is 0.944. The second-order valence-electron chi connectivity index (χ2n) is 9.66. The SMILES string of the molecule is CCCN1CCN([C@@H]2CCc3c(sc4ncn(CC5CCCCC5)c(=O)c34)C2)CC1. The van der Waals surface area contributed by atoms with Crippen molar-refractivity contribution in [3.05, 3.63) is 27.1 Å². The predicted octanol–water partition coefficient (Wildman–Crippen LogP) is 3.92. The number of nitrogens with zero attached hydrogens (tertiary/aromatic N) is 4. The van der Waals surface area contributed by atoms with E-state index in [9.17, 15) is 4.79 Å². The van der Waals surface area contributed by atoms with Crippen LogP contribution >= 0.6 is 11.3 Å². The Labute approximate surface area is 184 Å². The fourth-order valence-corrected chi connectivity index (χ4v) is 7.19. The van der Waals surface area contributed by atoms with E-state index in [1.165, 1.54) is 88.1 Å². The molecule has 5 rings (SSSR count). The van der Waals surface area contributed by atoms with Crippen molar-refractivity contribution in [1.82, 2.24) is 19.4 Å². The van der Waals surface area contributed by atoms with Gasteiger partial charge in [0.1, 0.15) is 4.83 Å². The lowest BCUT2D eigenvalue weighted by molar-refractivity contribution is 0.0902. The molecular weight excluding hydrogens is 392 g/mol. The molecule has 164 valence electrons. The zero-order valence-corrected chi connectivity index (χ0v) is 19.3. The number of rotatable bonds is 5. The van der Waals surface area contributed by atoms with Crippen LogP contribution in [0, 0.1) is 5.92 Å². The van der Waals surface area contributed by atoms with Crippen molar-refractivity contribution in [2.75, 3.05) is 32.7 Å². The normalized spacial score (nSPS) is 24.4. The molecule has 0 aromatic carbocycles. The van der Waals surface area contributed by atoms with Crippen LogP contribution in [0.15, 0.2) is 11.1 Å². The van der Waals surface area contributed by atoms with Crippen molar-refractivity contribution < 1.29 is 0 Å². The first-order valence-corrected chi connectivity index (χ1v) is 13.0. The van der Waals surface area contributed by atoms with Gasteiger partial charge in [-0.2, -0.15) is 0 Å². The summed E-state index contributed by atoms with van der Waals surface area (Å²) in [5.74, 6) is 0.654. The highest BCUT2D eigenvalue weighted by Gasteiger charge is 2.30. The molecule has 1 aliphatic heterocycles. The standard InChI is InChI=1S/C24H36N4OS/c1-2-10-26-11-13-27(14-12-26)19-8-9-20-21(15-19)30-23-22(20)24(29)28(17-25-23)16-18-6-4-3-5-7-18/h17-19H,2-16H2,1H3/t19-/m1/s1. The summed E-state index contributed by atoms with van der Waals surface area (Å²) in [5.41, 5.74) is 1.54. The summed E-state index contributed by atoms with van der Waals surface area (Å²) in [6.45, 7) is 9.16. The number of aromatic nitrogens is 2. The van der Waals surface area contributed by atoms with E-state index < -0.39 is 0 Å². The van der Waals surface area contributed by atoms with Crippen molar-refractivity contribution in [3.63, 3.8) is 0 Å².